The fourth-order valence-corrected chi connectivity index (χ4v) is 3.35. The van der Waals surface area contributed by atoms with E-state index < -0.39 is 21.1 Å². The van der Waals surface area contributed by atoms with Crippen molar-refractivity contribution in [3.63, 3.8) is 0 Å². The molecule has 1 heterocycles. The Bertz CT molecular complexity index is 755. The minimum Gasteiger partial charge on any atom is -0.469 e. The molecule has 0 saturated heterocycles. The Labute approximate surface area is 123 Å². The maximum Gasteiger partial charge on any atom is 0.306 e. The highest BCUT2D eigenvalue weighted by atomic mass is 32.2. The van der Waals surface area contributed by atoms with Gasteiger partial charge in [-0.15, -0.1) is 0 Å². The third-order valence-electron chi connectivity index (χ3n) is 3.33. The van der Waals surface area contributed by atoms with Crippen molar-refractivity contribution >= 4 is 26.7 Å². The summed E-state index contributed by atoms with van der Waals surface area (Å²) >= 11 is 0. The maximum absolute atomic E-state index is 12.3. The van der Waals surface area contributed by atoms with E-state index in [1.165, 1.54) is 14.0 Å². The van der Waals surface area contributed by atoms with E-state index in [0.29, 0.717) is 5.56 Å². The van der Waals surface area contributed by atoms with Gasteiger partial charge in [0.25, 0.3) is 0 Å². The number of sulfone groups is 1. The number of benzene rings is 1. The van der Waals surface area contributed by atoms with Gasteiger partial charge in [0.05, 0.1) is 30.1 Å². The van der Waals surface area contributed by atoms with Gasteiger partial charge in [0.15, 0.2) is 9.84 Å². The molecule has 1 aromatic carbocycles. The summed E-state index contributed by atoms with van der Waals surface area (Å²) in [6.45, 7) is 1.52. The van der Waals surface area contributed by atoms with Gasteiger partial charge >= 0.3 is 5.97 Å². The number of nitrogens with zero attached hydrogens (tertiary/aromatic N) is 1. The second-order valence-electron chi connectivity index (χ2n) is 4.93. The van der Waals surface area contributed by atoms with Crippen molar-refractivity contribution in [3.8, 4) is 0 Å². The summed E-state index contributed by atoms with van der Waals surface area (Å²) in [5, 5.41) is 0.125. The molecule has 6 heteroatoms. The van der Waals surface area contributed by atoms with Crippen LogP contribution in [0.1, 0.15) is 18.9 Å². The Morgan fingerprint density at radius 3 is 2.81 bits per heavy atom. The number of hydrogen-bond donors (Lipinski definition) is 0. The van der Waals surface area contributed by atoms with E-state index in [1.807, 2.05) is 12.1 Å². The molecule has 1 atom stereocenters. The fourth-order valence-electron chi connectivity index (χ4n) is 2.03. The van der Waals surface area contributed by atoms with Gasteiger partial charge in [-0.1, -0.05) is 12.1 Å². The molecule has 0 spiro atoms. The van der Waals surface area contributed by atoms with Crippen LogP contribution in [0.2, 0.25) is 0 Å². The molecule has 2 rings (SSSR count). The van der Waals surface area contributed by atoms with Crippen LogP contribution >= 0.6 is 0 Å². The zero-order valence-corrected chi connectivity index (χ0v) is 12.8. The quantitative estimate of drug-likeness (QED) is 0.791. The molecule has 0 fully saturated rings. The zero-order valence-electron chi connectivity index (χ0n) is 11.9. The third kappa shape index (κ3) is 3.78. The molecule has 1 unspecified atom stereocenters. The van der Waals surface area contributed by atoms with Crippen LogP contribution in [0.25, 0.3) is 10.9 Å². The summed E-state index contributed by atoms with van der Waals surface area (Å²) in [5.74, 6) is -0.621. The highest BCUT2D eigenvalue weighted by Crippen LogP contribution is 2.18. The predicted molar refractivity (Wildman–Crippen MR) is 80.5 cm³/mol. The number of fused-ring (bicyclic) bond motifs is 1. The monoisotopic (exact) mass is 307 g/mol. The molecule has 0 amide bonds. The lowest BCUT2D eigenvalue weighted by Gasteiger charge is -2.12. The van der Waals surface area contributed by atoms with Crippen LogP contribution in [0, 0.1) is 0 Å². The number of methoxy groups -OCH3 is 1. The molecule has 0 aliphatic carbocycles. The predicted octanol–water partition coefficient (Wildman–Crippen LogP) is 2.10. The van der Waals surface area contributed by atoms with E-state index in [0.717, 1.165) is 10.9 Å². The number of hydrogen-bond acceptors (Lipinski definition) is 5. The Morgan fingerprint density at radius 2 is 2.10 bits per heavy atom. The van der Waals surface area contributed by atoms with Gasteiger partial charge in [0.2, 0.25) is 0 Å². The molecule has 2 aromatic rings. The van der Waals surface area contributed by atoms with Gasteiger partial charge in [-0.05, 0) is 30.7 Å². The first kappa shape index (κ1) is 15.4. The molecular weight excluding hydrogens is 290 g/mol. The molecule has 0 bridgehead atoms. The van der Waals surface area contributed by atoms with Crippen LogP contribution < -0.4 is 0 Å². The first-order valence-corrected chi connectivity index (χ1v) is 8.26. The van der Waals surface area contributed by atoms with Crippen LogP contribution in [0.4, 0.5) is 0 Å². The number of rotatable bonds is 5. The smallest absolute Gasteiger partial charge is 0.306 e. The molecular formula is C15H17NO4S. The first-order chi connectivity index (χ1) is 9.92. The normalized spacial score (nSPS) is 13.0. The second-order valence-corrected chi connectivity index (χ2v) is 7.35. The molecule has 21 heavy (non-hydrogen) atoms. The minimum absolute atomic E-state index is 0.101. The van der Waals surface area contributed by atoms with Crippen molar-refractivity contribution in [3.05, 3.63) is 42.1 Å². The van der Waals surface area contributed by atoms with Crippen molar-refractivity contribution in [1.82, 2.24) is 4.98 Å². The van der Waals surface area contributed by atoms with Crippen LogP contribution in [0.5, 0.6) is 0 Å². The van der Waals surface area contributed by atoms with E-state index in [2.05, 4.69) is 9.72 Å². The summed E-state index contributed by atoms with van der Waals surface area (Å²) in [7, 11) is -2.16. The lowest BCUT2D eigenvalue weighted by molar-refractivity contribution is -0.140. The maximum atomic E-state index is 12.3. The Hall–Kier alpha value is -1.95. The number of pyridine rings is 1. The number of esters is 1. The Balaban J connectivity index is 2.20. The highest BCUT2D eigenvalue weighted by molar-refractivity contribution is 7.91. The molecule has 0 saturated carbocycles. The van der Waals surface area contributed by atoms with Gasteiger partial charge in [-0.2, -0.15) is 0 Å². The summed E-state index contributed by atoms with van der Waals surface area (Å²) < 4.78 is 29.0. The van der Waals surface area contributed by atoms with Crippen molar-refractivity contribution in [2.24, 2.45) is 0 Å². The molecule has 112 valence electrons. The number of ether oxygens (including phenoxy) is 1. The minimum atomic E-state index is -3.41. The lowest BCUT2D eigenvalue weighted by Crippen LogP contribution is -2.23. The van der Waals surface area contributed by atoms with E-state index >= 15 is 0 Å². The van der Waals surface area contributed by atoms with Gasteiger partial charge < -0.3 is 4.74 Å². The van der Waals surface area contributed by atoms with Crippen molar-refractivity contribution in [1.29, 1.82) is 0 Å². The molecule has 5 nitrogen and oxygen atoms in total. The van der Waals surface area contributed by atoms with Crippen molar-refractivity contribution < 1.29 is 17.9 Å². The Morgan fingerprint density at radius 1 is 1.33 bits per heavy atom. The summed E-state index contributed by atoms with van der Waals surface area (Å²) in [6.07, 6.45) is 1.56. The van der Waals surface area contributed by atoms with Gasteiger partial charge in [0, 0.05) is 11.6 Å². The number of carbonyl (C=O) groups is 1. The third-order valence-corrected chi connectivity index (χ3v) is 5.46. The summed E-state index contributed by atoms with van der Waals surface area (Å²) in [4.78, 5) is 15.4. The standard InChI is InChI=1S/C15H17NO4S/c1-11(8-15(17)20-2)21(18,19)10-12-5-6-14-13(9-12)4-3-7-16-14/h3-7,9,11H,8,10H2,1-2H3. The molecule has 0 aliphatic rings. The SMILES string of the molecule is COC(=O)CC(C)S(=O)(=O)Cc1ccc2ncccc2c1. The van der Waals surface area contributed by atoms with Crippen LogP contribution in [-0.2, 0) is 25.1 Å². The first-order valence-electron chi connectivity index (χ1n) is 6.54. The van der Waals surface area contributed by atoms with E-state index in [-0.39, 0.29) is 12.2 Å². The highest BCUT2D eigenvalue weighted by Gasteiger charge is 2.24. The number of carbonyl (C=O) groups excluding carboxylic acids is 1. The fraction of sp³-hybridized carbons (Fsp3) is 0.333. The van der Waals surface area contributed by atoms with Crippen LogP contribution in [-0.4, -0.2) is 31.7 Å². The zero-order chi connectivity index (χ0) is 15.5. The van der Waals surface area contributed by atoms with Gasteiger partial charge in [-0.25, -0.2) is 8.42 Å². The molecule has 0 N–H and O–H groups in total. The molecule has 1 aromatic heterocycles. The van der Waals surface area contributed by atoms with Gasteiger partial charge in [-0.3, -0.25) is 9.78 Å². The van der Waals surface area contributed by atoms with Crippen molar-refractivity contribution in [2.45, 2.75) is 24.3 Å². The Kier molecular flexibility index (Phi) is 4.57. The summed E-state index contributed by atoms with van der Waals surface area (Å²) in [6, 6.07) is 9.05. The topological polar surface area (TPSA) is 73.3 Å². The average molecular weight is 307 g/mol. The van der Waals surface area contributed by atoms with E-state index in [9.17, 15) is 13.2 Å². The average Bonchev–Trinajstić information content (AvgIpc) is 2.46. The largest absolute Gasteiger partial charge is 0.469 e. The lowest BCUT2D eigenvalue weighted by atomic mass is 10.1. The van der Waals surface area contributed by atoms with Crippen molar-refractivity contribution in [2.75, 3.05) is 7.11 Å². The molecule has 0 radical (unpaired) electrons. The van der Waals surface area contributed by atoms with Gasteiger partial charge in [0.1, 0.15) is 0 Å². The molecule has 0 aliphatic heterocycles. The second kappa shape index (κ2) is 6.22. The number of aromatic nitrogens is 1. The van der Waals surface area contributed by atoms with E-state index in [1.54, 1.807) is 24.4 Å². The van der Waals surface area contributed by atoms with Crippen LogP contribution in [0.15, 0.2) is 36.5 Å². The van der Waals surface area contributed by atoms with Crippen LogP contribution in [0.3, 0.4) is 0 Å². The summed E-state index contributed by atoms with van der Waals surface area (Å²) in [5.41, 5.74) is 1.51. The van der Waals surface area contributed by atoms with E-state index in [4.69, 9.17) is 0 Å².